The second-order valence-corrected chi connectivity index (χ2v) is 3.48. The van der Waals surface area contributed by atoms with E-state index in [0.29, 0.717) is 16.3 Å². The maximum absolute atomic E-state index is 8.71. The monoisotopic (exact) mass is 236 g/mol. The number of benzene rings is 1. The van der Waals surface area contributed by atoms with E-state index in [4.69, 9.17) is 22.5 Å². The summed E-state index contributed by atoms with van der Waals surface area (Å²) in [4.78, 5) is 0. The Hall–Kier alpha value is -2.01. The molecule has 0 atom stereocenters. The van der Waals surface area contributed by atoms with Crippen molar-refractivity contribution in [1.82, 2.24) is 9.78 Å². The predicted octanol–water partition coefficient (Wildman–Crippen LogP) is 1.62. The van der Waals surface area contributed by atoms with Crippen LogP contribution in [-0.4, -0.2) is 20.8 Å². The van der Waals surface area contributed by atoms with E-state index in [9.17, 15) is 0 Å². The van der Waals surface area contributed by atoms with Crippen molar-refractivity contribution in [2.24, 2.45) is 10.9 Å². The van der Waals surface area contributed by atoms with Gasteiger partial charge in [-0.05, 0) is 18.2 Å². The van der Waals surface area contributed by atoms with Gasteiger partial charge >= 0.3 is 0 Å². The van der Waals surface area contributed by atoms with Crippen molar-refractivity contribution in [1.29, 1.82) is 0 Å². The molecule has 0 fully saturated rings. The quantitative estimate of drug-likeness (QED) is 0.360. The summed E-state index contributed by atoms with van der Waals surface area (Å²) >= 11 is 6.01. The van der Waals surface area contributed by atoms with Gasteiger partial charge in [-0.3, -0.25) is 0 Å². The third-order valence-corrected chi connectivity index (χ3v) is 2.42. The average molecular weight is 237 g/mol. The van der Waals surface area contributed by atoms with Gasteiger partial charge < -0.3 is 10.9 Å². The Morgan fingerprint density at radius 2 is 2.25 bits per heavy atom. The van der Waals surface area contributed by atoms with Gasteiger partial charge in [0.25, 0.3) is 0 Å². The van der Waals surface area contributed by atoms with Crippen molar-refractivity contribution in [3.63, 3.8) is 0 Å². The van der Waals surface area contributed by atoms with Crippen molar-refractivity contribution in [3.8, 4) is 5.69 Å². The second-order valence-electron chi connectivity index (χ2n) is 3.07. The van der Waals surface area contributed by atoms with Crippen LogP contribution in [0, 0.1) is 0 Å². The molecule has 1 aromatic carbocycles. The number of aromatic nitrogens is 2. The minimum atomic E-state index is -0.0453. The lowest BCUT2D eigenvalue weighted by molar-refractivity contribution is 0.318. The maximum atomic E-state index is 8.71. The van der Waals surface area contributed by atoms with E-state index in [1.165, 1.54) is 0 Å². The first-order valence-electron chi connectivity index (χ1n) is 4.50. The van der Waals surface area contributed by atoms with E-state index in [-0.39, 0.29) is 5.84 Å². The van der Waals surface area contributed by atoms with Crippen LogP contribution in [0.3, 0.4) is 0 Å². The number of nitrogens with zero attached hydrogens (tertiary/aromatic N) is 3. The Morgan fingerprint density at radius 3 is 2.88 bits per heavy atom. The number of oxime groups is 1. The van der Waals surface area contributed by atoms with Crippen LogP contribution in [0.4, 0.5) is 0 Å². The van der Waals surface area contributed by atoms with Crippen LogP contribution in [0.1, 0.15) is 5.56 Å². The van der Waals surface area contributed by atoms with E-state index >= 15 is 0 Å². The van der Waals surface area contributed by atoms with Gasteiger partial charge in [0.2, 0.25) is 0 Å². The third kappa shape index (κ3) is 1.72. The van der Waals surface area contributed by atoms with Crippen molar-refractivity contribution < 1.29 is 5.21 Å². The Labute approximate surface area is 96.7 Å². The standard InChI is InChI=1S/C10H9ClN4O/c11-7-3-1-4-8(9(7)10(12)14-16)15-6-2-5-13-15/h1-6,16H,(H2,12,14). The van der Waals surface area contributed by atoms with Crippen LogP contribution in [-0.2, 0) is 0 Å². The summed E-state index contributed by atoms with van der Waals surface area (Å²) in [5, 5.41) is 16.1. The Kier molecular flexibility index (Phi) is 2.78. The molecular formula is C10H9ClN4O. The Bertz CT molecular complexity index is 522. The van der Waals surface area contributed by atoms with Crippen LogP contribution in [0.2, 0.25) is 5.02 Å². The van der Waals surface area contributed by atoms with Crippen molar-refractivity contribution >= 4 is 17.4 Å². The lowest BCUT2D eigenvalue weighted by atomic mass is 10.1. The van der Waals surface area contributed by atoms with Crippen LogP contribution >= 0.6 is 11.6 Å². The summed E-state index contributed by atoms with van der Waals surface area (Å²) in [5.74, 6) is -0.0453. The van der Waals surface area contributed by atoms with Gasteiger partial charge in [0.1, 0.15) is 0 Å². The zero-order chi connectivity index (χ0) is 11.5. The molecule has 0 unspecified atom stereocenters. The van der Waals surface area contributed by atoms with Gasteiger partial charge in [0.05, 0.1) is 16.3 Å². The van der Waals surface area contributed by atoms with E-state index in [1.54, 1.807) is 41.3 Å². The molecule has 2 rings (SSSR count). The number of hydrogen-bond acceptors (Lipinski definition) is 3. The molecule has 0 aliphatic heterocycles. The fourth-order valence-corrected chi connectivity index (χ4v) is 1.68. The minimum Gasteiger partial charge on any atom is -0.409 e. The summed E-state index contributed by atoms with van der Waals surface area (Å²) in [6.45, 7) is 0. The van der Waals surface area contributed by atoms with Crippen LogP contribution in [0.25, 0.3) is 5.69 Å². The number of amidine groups is 1. The Morgan fingerprint density at radius 1 is 1.44 bits per heavy atom. The minimum absolute atomic E-state index is 0.0453. The van der Waals surface area contributed by atoms with E-state index in [2.05, 4.69) is 10.3 Å². The smallest absolute Gasteiger partial charge is 0.173 e. The van der Waals surface area contributed by atoms with Crippen LogP contribution in [0.5, 0.6) is 0 Å². The summed E-state index contributed by atoms with van der Waals surface area (Å²) in [6.07, 6.45) is 3.39. The number of halogens is 1. The molecule has 5 nitrogen and oxygen atoms in total. The maximum Gasteiger partial charge on any atom is 0.173 e. The molecule has 0 aliphatic rings. The zero-order valence-electron chi connectivity index (χ0n) is 8.21. The Balaban J connectivity index is 2.67. The van der Waals surface area contributed by atoms with E-state index < -0.39 is 0 Å². The number of hydrogen-bond donors (Lipinski definition) is 2. The summed E-state index contributed by atoms with van der Waals surface area (Å²) in [5.41, 5.74) is 6.69. The molecule has 0 spiro atoms. The summed E-state index contributed by atoms with van der Waals surface area (Å²) < 4.78 is 1.60. The molecule has 82 valence electrons. The van der Waals surface area contributed by atoms with Gasteiger partial charge in [-0.1, -0.05) is 22.8 Å². The molecule has 16 heavy (non-hydrogen) atoms. The molecule has 2 aromatic rings. The zero-order valence-corrected chi connectivity index (χ0v) is 8.96. The SMILES string of the molecule is NC(=NO)c1c(Cl)cccc1-n1cccn1. The molecule has 1 heterocycles. The lowest BCUT2D eigenvalue weighted by Crippen LogP contribution is -2.17. The highest BCUT2D eigenvalue weighted by Crippen LogP contribution is 2.22. The fraction of sp³-hybridized carbons (Fsp3) is 0. The van der Waals surface area contributed by atoms with Gasteiger partial charge in [0.15, 0.2) is 5.84 Å². The molecule has 1 aromatic heterocycles. The average Bonchev–Trinajstić information content (AvgIpc) is 2.81. The first kappa shape index (κ1) is 10.5. The third-order valence-electron chi connectivity index (χ3n) is 2.11. The molecule has 0 bridgehead atoms. The normalized spacial score (nSPS) is 11.7. The highest BCUT2D eigenvalue weighted by molar-refractivity contribution is 6.34. The van der Waals surface area contributed by atoms with Crippen LogP contribution in [0.15, 0.2) is 41.8 Å². The van der Waals surface area contributed by atoms with Gasteiger partial charge in [-0.2, -0.15) is 5.10 Å². The van der Waals surface area contributed by atoms with Crippen molar-refractivity contribution in [2.45, 2.75) is 0 Å². The second kappa shape index (κ2) is 4.24. The highest BCUT2D eigenvalue weighted by Gasteiger charge is 2.12. The highest BCUT2D eigenvalue weighted by atomic mass is 35.5. The molecule has 0 amide bonds. The number of rotatable bonds is 2. The molecule has 0 aliphatic carbocycles. The molecule has 0 radical (unpaired) electrons. The predicted molar refractivity (Wildman–Crippen MR) is 61.1 cm³/mol. The van der Waals surface area contributed by atoms with Crippen molar-refractivity contribution in [3.05, 3.63) is 47.2 Å². The topological polar surface area (TPSA) is 76.4 Å². The first-order chi connectivity index (χ1) is 7.74. The van der Waals surface area contributed by atoms with Gasteiger partial charge in [0, 0.05) is 12.4 Å². The largest absolute Gasteiger partial charge is 0.409 e. The van der Waals surface area contributed by atoms with Crippen LogP contribution < -0.4 is 5.73 Å². The molecule has 6 heteroatoms. The summed E-state index contributed by atoms with van der Waals surface area (Å²) in [7, 11) is 0. The van der Waals surface area contributed by atoms with Gasteiger partial charge in [-0.15, -0.1) is 0 Å². The van der Waals surface area contributed by atoms with Crippen molar-refractivity contribution in [2.75, 3.05) is 0 Å². The van der Waals surface area contributed by atoms with Gasteiger partial charge in [-0.25, -0.2) is 4.68 Å². The fourth-order valence-electron chi connectivity index (χ4n) is 1.42. The lowest BCUT2D eigenvalue weighted by Gasteiger charge is -2.09. The van der Waals surface area contributed by atoms with E-state index in [0.717, 1.165) is 0 Å². The molecular weight excluding hydrogens is 228 g/mol. The summed E-state index contributed by atoms with van der Waals surface area (Å²) in [6, 6.07) is 7.00. The van der Waals surface area contributed by atoms with E-state index in [1.807, 2.05) is 0 Å². The molecule has 0 saturated heterocycles. The molecule has 3 N–H and O–H groups in total. The number of nitrogens with two attached hydrogens (primary N) is 1. The first-order valence-corrected chi connectivity index (χ1v) is 4.88. The molecule has 0 saturated carbocycles.